The number of aromatic amines is 1. The van der Waals surface area contributed by atoms with Crippen LogP contribution in [0.3, 0.4) is 0 Å². The third-order valence-corrected chi connectivity index (χ3v) is 2.92. The maximum absolute atomic E-state index is 3.42. The molecule has 80 valence electrons. The summed E-state index contributed by atoms with van der Waals surface area (Å²) in [7, 11) is 0. The summed E-state index contributed by atoms with van der Waals surface area (Å²) in [6.45, 7) is 8.93. The minimum Gasteiger partial charge on any atom is -0.358 e. The molecule has 1 nitrogen and oxygen atoms in total. The van der Waals surface area contributed by atoms with Crippen molar-refractivity contribution in [3.63, 3.8) is 0 Å². The van der Waals surface area contributed by atoms with E-state index in [1.54, 1.807) is 0 Å². The Hall–Kier alpha value is -1.24. The Morgan fingerprint density at radius 2 is 1.87 bits per heavy atom. The molecule has 0 bridgehead atoms. The molecule has 2 rings (SSSR count). The van der Waals surface area contributed by atoms with Crippen LogP contribution in [0.15, 0.2) is 24.3 Å². The summed E-state index contributed by atoms with van der Waals surface area (Å²) >= 11 is 0. The first-order chi connectivity index (χ1) is 7.00. The molecule has 15 heavy (non-hydrogen) atoms. The highest BCUT2D eigenvalue weighted by Gasteiger charge is 2.13. The number of hydrogen-bond acceptors (Lipinski definition) is 0. The van der Waals surface area contributed by atoms with E-state index in [-0.39, 0.29) is 5.41 Å². The summed E-state index contributed by atoms with van der Waals surface area (Å²) < 4.78 is 0. The molecule has 0 amide bonds. The second-order valence-corrected chi connectivity index (χ2v) is 5.20. The molecule has 1 heteroatoms. The van der Waals surface area contributed by atoms with Gasteiger partial charge in [-0.05, 0) is 41.0 Å². The van der Waals surface area contributed by atoms with Crippen LogP contribution in [0.4, 0.5) is 0 Å². The molecular weight excluding hydrogens is 182 g/mol. The number of hydrogen-bond donors (Lipinski definition) is 1. The molecule has 1 aromatic heterocycles. The summed E-state index contributed by atoms with van der Waals surface area (Å²) in [5.74, 6) is 0. The monoisotopic (exact) mass is 201 g/mol. The lowest BCUT2D eigenvalue weighted by atomic mass is 9.86. The van der Waals surface area contributed by atoms with Gasteiger partial charge in [-0.3, -0.25) is 0 Å². The highest BCUT2D eigenvalue weighted by molar-refractivity contribution is 5.81. The molecule has 0 aliphatic rings. The van der Waals surface area contributed by atoms with Crippen LogP contribution in [-0.4, -0.2) is 4.98 Å². The van der Waals surface area contributed by atoms with Crippen molar-refractivity contribution in [3.8, 4) is 0 Å². The predicted molar refractivity (Wildman–Crippen MR) is 66.4 cm³/mol. The van der Waals surface area contributed by atoms with Crippen LogP contribution in [0.1, 0.15) is 39.0 Å². The van der Waals surface area contributed by atoms with Gasteiger partial charge in [0.15, 0.2) is 0 Å². The van der Waals surface area contributed by atoms with Crippen molar-refractivity contribution in [1.82, 2.24) is 4.98 Å². The van der Waals surface area contributed by atoms with Gasteiger partial charge in [-0.15, -0.1) is 0 Å². The lowest BCUT2D eigenvalue weighted by molar-refractivity contribution is 0.591. The zero-order valence-electron chi connectivity index (χ0n) is 10.0. The molecule has 0 atom stereocenters. The van der Waals surface area contributed by atoms with Crippen LogP contribution >= 0.6 is 0 Å². The lowest BCUT2D eigenvalue weighted by Gasteiger charge is -2.18. The third kappa shape index (κ3) is 1.92. The van der Waals surface area contributed by atoms with E-state index < -0.39 is 0 Å². The molecule has 0 saturated heterocycles. The number of aromatic nitrogens is 1. The number of nitrogens with one attached hydrogen (secondary N) is 1. The van der Waals surface area contributed by atoms with Crippen LogP contribution in [0, 0.1) is 0 Å². The van der Waals surface area contributed by atoms with Gasteiger partial charge in [0.2, 0.25) is 0 Å². The van der Waals surface area contributed by atoms with E-state index in [1.807, 2.05) is 0 Å². The normalized spacial score (nSPS) is 12.3. The molecule has 0 spiro atoms. The van der Waals surface area contributed by atoms with Gasteiger partial charge in [-0.25, -0.2) is 0 Å². The van der Waals surface area contributed by atoms with Crippen molar-refractivity contribution < 1.29 is 0 Å². The maximum atomic E-state index is 3.42. The Morgan fingerprint density at radius 3 is 2.47 bits per heavy atom. The molecule has 0 fully saturated rings. The second kappa shape index (κ2) is 3.41. The molecule has 0 radical (unpaired) electrons. The van der Waals surface area contributed by atoms with E-state index in [9.17, 15) is 0 Å². The number of benzene rings is 1. The van der Waals surface area contributed by atoms with Crippen LogP contribution in [0.2, 0.25) is 0 Å². The third-order valence-electron chi connectivity index (χ3n) is 2.92. The fourth-order valence-corrected chi connectivity index (χ4v) is 1.85. The molecule has 0 saturated carbocycles. The maximum Gasteiger partial charge on any atom is 0.0456 e. The standard InChI is InChI=1S/C14H19N/c1-5-12-9-10-8-11(14(2,3)4)6-7-13(10)15-12/h6-9,15H,5H2,1-4H3. The lowest BCUT2D eigenvalue weighted by Crippen LogP contribution is -2.10. The van der Waals surface area contributed by atoms with E-state index in [4.69, 9.17) is 0 Å². The Balaban J connectivity index is 2.55. The molecule has 2 aromatic rings. The Morgan fingerprint density at radius 1 is 1.13 bits per heavy atom. The van der Waals surface area contributed by atoms with Gasteiger partial charge in [-0.1, -0.05) is 33.8 Å². The van der Waals surface area contributed by atoms with Gasteiger partial charge in [0, 0.05) is 11.2 Å². The van der Waals surface area contributed by atoms with Gasteiger partial charge in [0.05, 0.1) is 0 Å². The molecule has 0 aliphatic heterocycles. The zero-order chi connectivity index (χ0) is 11.1. The van der Waals surface area contributed by atoms with E-state index >= 15 is 0 Å². The minimum atomic E-state index is 0.234. The fourth-order valence-electron chi connectivity index (χ4n) is 1.85. The highest BCUT2D eigenvalue weighted by atomic mass is 14.7. The van der Waals surface area contributed by atoms with Crippen molar-refractivity contribution >= 4 is 10.9 Å². The van der Waals surface area contributed by atoms with Gasteiger partial charge in [0.25, 0.3) is 0 Å². The number of rotatable bonds is 1. The number of H-pyrrole nitrogens is 1. The minimum absolute atomic E-state index is 0.234. The molecule has 0 aliphatic carbocycles. The fraction of sp³-hybridized carbons (Fsp3) is 0.429. The van der Waals surface area contributed by atoms with E-state index in [1.165, 1.54) is 22.2 Å². The highest BCUT2D eigenvalue weighted by Crippen LogP contribution is 2.26. The summed E-state index contributed by atoms with van der Waals surface area (Å²) in [5.41, 5.74) is 4.20. The van der Waals surface area contributed by atoms with E-state index in [0.717, 1.165) is 6.42 Å². The van der Waals surface area contributed by atoms with Gasteiger partial charge >= 0.3 is 0 Å². The number of aryl methyl sites for hydroxylation is 1. The molecule has 1 N–H and O–H groups in total. The van der Waals surface area contributed by atoms with Crippen molar-refractivity contribution in [2.24, 2.45) is 0 Å². The topological polar surface area (TPSA) is 15.8 Å². The Kier molecular flexibility index (Phi) is 2.34. The first-order valence-corrected chi connectivity index (χ1v) is 5.63. The first kappa shape index (κ1) is 10.3. The summed E-state index contributed by atoms with van der Waals surface area (Å²) in [5, 5.41) is 1.33. The Bertz CT molecular complexity index is 472. The summed E-state index contributed by atoms with van der Waals surface area (Å²) in [6.07, 6.45) is 1.07. The molecule has 1 heterocycles. The Labute approximate surface area is 91.5 Å². The van der Waals surface area contributed by atoms with Crippen LogP contribution < -0.4 is 0 Å². The van der Waals surface area contributed by atoms with Gasteiger partial charge in [-0.2, -0.15) is 0 Å². The molecule has 1 aromatic carbocycles. The smallest absolute Gasteiger partial charge is 0.0456 e. The van der Waals surface area contributed by atoms with Crippen LogP contribution in [0.5, 0.6) is 0 Å². The van der Waals surface area contributed by atoms with Crippen LogP contribution in [-0.2, 0) is 11.8 Å². The summed E-state index contributed by atoms with van der Waals surface area (Å²) in [6, 6.07) is 8.96. The van der Waals surface area contributed by atoms with Gasteiger partial charge in [0.1, 0.15) is 0 Å². The van der Waals surface area contributed by atoms with Crippen molar-refractivity contribution in [1.29, 1.82) is 0 Å². The summed E-state index contributed by atoms with van der Waals surface area (Å²) in [4.78, 5) is 3.42. The number of fused-ring (bicyclic) bond motifs is 1. The zero-order valence-corrected chi connectivity index (χ0v) is 10.0. The largest absolute Gasteiger partial charge is 0.358 e. The molecular formula is C14H19N. The predicted octanol–water partition coefficient (Wildman–Crippen LogP) is 4.03. The SMILES string of the molecule is CCc1cc2cc(C(C)(C)C)ccc2[nH]1. The van der Waals surface area contributed by atoms with Crippen LogP contribution in [0.25, 0.3) is 10.9 Å². The quantitative estimate of drug-likeness (QED) is 0.717. The average molecular weight is 201 g/mol. The van der Waals surface area contributed by atoms with Crippen molar-refractivity contribution in [2.75, 3.05) is 0 Å². The van der Waals surface area contributed by atoms with E-state index in [2.05, 4.69) is 56.9 Å². The van der Waals surface area contributed by atoms with E-state index in [0.29, 0.717) is 0 Å². The molecule has 0 unspecified atom stereocenters. The van der Waals surface area contributed by atoms with Crippen molar-refractivity contribution in [2.45, 2.75) is 39.5 Å². The average Bonchev–Trinajstić information content (AvgIpc) is 2.57. The van der Waals surface area contributed by atoms with Crippen molar-refractivity contribution in [3.05, 3.63) is 35.5 Å². The first-order valence-electron chi connectivity index (χ1n) is 5.63. The van der Waals surface area contributed by atoms with Gasteiger partial charge < -0.3 is 4.98 Å². The second-order valence-electron chi connectivity index (χ2n) is 5.20.